The summed E-state index contributed by atoms with van der Waals surface area (Å²) in [5, 5.41) is 0. The molecule has 0 unspecified atom stereocenters. The van der Waals surface area contributed by atoms with Crippen LogP contribution >= 0.6 is 0 Å². The number of rotatable bonds is 7. The van der Waals surface area contributed by atoms with E-state index in [1.165, 1.54) is 0 Å². The van der Waals surface area contributed by atoms with Gasteiger partial charge < -0.3 is 15.4 Å². The molecule has 1 heterocycles. The minimum absolute atomic E-state index is 0.417. The summed E-state index contributed by atoms with van der Waals surface area (Å²) in [7, 11) is 1.70. The summed E-state index contributed by atoms with van der Waals surface area (Å²) in [5.74, 6) is 1.44. The predicted molar refractivity (Wildman–Crippen MR) is 68.9 cm³/mol. The Morgan fingerprint density at radius 1 is 1.41 bits per heavy atom. The molecule has 0 spiro atoms. The summed E-state index contributed by atoms with van der Waals surface area (Å²) in [6, 6.07) is 0. The third-order valence-corrected chi connectivity index (χ3v) is 2.36. The van der Waals surface area contributed by atoms with Crippen molar-refractivity contribution in [1.82, 2.24) is 9.97 Å². The Morgan fingerprint density at radius 3 is 2.76 bits per heavy atom. The summed E-state index contributed by atoms with van der Waals surface area (Å²) in [4.78, 5) is 10.8. The Balaban J connectivity index is 2.78. The lowest BCUT2D eigenvalue weighted by atomic mass is 10.2. The Bertz CT molecular complexity index is 330. The van der Waals surface area contributed by atoms with Crippen molar-refractivity contribution in [3.05, 3.63) is 18.1 Å². The molecule has 17 heavy (non-hydrogen) atoms. The van der Waals surface area contributed by atoms with Gasteiger partial charge in [-0.05, 0) is 5.92 Å². The van der Waals surface area contributed by atoms with Gasteiger partial charge in [0.2, 0.25) is 0 Å². The molecule has 96 valence electrons. The molecule has 5 nitrogen and oxygen atoms in total. The van der Waals surface area contributed by atoms with Crippen molar-refractivity contribution >= 4 is 5.82 Å². The Hall–Kier alpha value is -1.20. The third-order valence-electron chi connectivity index (χ3n) is 2.36. The van der Waals surface area contributed by atoms with E-state index in [1.54, 1.807) is 19.5 Å². The fourth-order valence-corrected chi connectivity index (χ4v) is 1.59. The average Bonchev–Trinajstić information content (AvgIpc) is 2.34. The molecular weight excluding hydrogens is 216 g/mol. The van der Waals surface area contributed by atoms with Crippen molar-refractivity contribution < 1.29 is 4.74 Å². The zero-order valence-electron chi connectivity index (χ0n) is 10.9. The van der Waals surface area contributed by atoms with E-state index in [0.717, 1.165) is 24.6 Å². The van der Waals surface area contributed by atoms with Crippen molar-refractivity contribution in [1.29, 1.82) is 0 Å². The minimum Gasteiger partial charge on any atom is -0.383 e. The number of methoxy groups -OCH3 is 1. The third kappa shape index (κ3) is 4.66. The van der Waals surface area contributed by atoms with Gasteiger partial charge in [0, 0.05) is 32.9 Å². The molecule has 0 radical (unpaired) electrons. The van der Waals surface area contributed by atoms with Crippen LogP contribution in [0.25, 0.3) is 0 Å². The highest BCUT2D eigenvalue weighted by Gasteiger charge is 2.10. The van der Waals surface area contributed by atoms with Crippen molar-refractivity contribution in [2.45, 2.75) is 20.4 Å². The summed E-state index contributed by atoms with van der Waals surface area (Å²) >= 11 is 0. The van der Waals surface area contributed by atoms with Crippen LogP contribution in [0.4, 0.5) is 5.82 Å². The normalized spacial score (nSPS) is 10.9. The van der Waals surface area contributed by atoms with Crippen molar-refractivity contribution in [2.24, 2.45) is 11.7 Å². The molecule has 0 aliphatic heterocycles. The summed E-state index contributed by atoms with van der Waals surface area (Å²) in [6.07, 6.45) is 3.48. The fraction of sp³-hybridized carbons (Fsp3) is 0.667. The summed E-state index contributed by atoms with van der Waals surface area (Å²) in [6.45, 7) is 7.21. The molecule has 1 aromatic rings. The standard InChI is InChI=1S/C12H22N4O/c1-10(2)9-16(4-5-17-3)12-8-14-7-11(6-13)15-12/h7-8,10H,4-6,9,13H2,1-3H3. The first kappa shape index (κ1) is 13.9. The molecule has 0 amide bonds. The van der Waals surface area contributed by atoms with Gasteiger partial charge in [-0.25, -0.2) is 4.98 Å². The second-order valence-electron chi connectivity index (χ2n) is 4.41. The van der Waals surface area contributed by atoms with Crippen LogP contribution in [0.2, 0.25) is 0 Å². The van der Waals surface area contributed by atoms with Crippen LogP contribution in [0, 0.1) is 5.92 Å². The van der Waals surface area contributed by atoms with E-state index < -0.39 is 0 Å². The number of anilines is 1. The van der Waals surface area contributed by atoms with E-state index in [0.29, 0.717) is 19.1 Å². The molecule has 5 heteroatoms. The molecule has 1 rings (SSSR count). The molecule has 2 N–H and O–H groups in total. The van der Waals surface area contributed by atoms with Gasteiger partial charge in [-0.3, -0.25) is 4.98 Å². The molecule has 0 aromatic carbocycles. The number of nitrogens with two attached hydrogens (primary N) is 1. The van der Waals surface area contributed by atoms with Crippen LogP contribution in [0.5, 0.6) is 0 Å². The number of aromatic nitrogens is 2. The van der Waals surface area contributed by atoms with E-state index in [4.69, 9.17) is 10.5 Å². The van der Waals surface area contributed by atoms with E-state index >= 15 is 0 Å². The SMILES string of the molecule is COCCN(CC(C)C)c1cncc(CN)n1. The van der Waals surface area contributed by atoms with Crippen LogP contribution in [-0.4, -0.2) is 36.8 Å². The maximum Gasteiger partial charge on any atom is 0.147 e. The number of ether oxygens (including phenoxy) is 1. The molecule has 1 aromatic heterocycles. The second-order valence-corrected chi connectivity index (χ2v) is 4.41. The molecule has 0 atom stereocenters. The first-order chi connectivity index (χ1) is 8.17. The maximum atomic E-state index is 5.57. The first-order valence-electron chi connectivity index (χ1n) is 5.92. The number of hydrogen-bond donors (Lipinski definition) is 1. The number of nitrogens with zero attached hydrogens (tertiary/aromatic N) is 3. The van der Waals surface area contributed by atoms with E-state index in [2.05, 4.69) is 28.7 Å². The van der Waals surface area contributed by atoms with Gasteiger partial charge in [0.25, 0.3) is 0 Å². The maximum absolute atomic E-state index is 5.57. The topological polar surface area (TPSA) is 64.3 Å². The zero-order valence-corrected chi connectivity index (χ0v) is 10.9. The molecule has 0 saturated carbocycles. The predicted octanol–water partition coefficient (Wildman–Crippen LogP) is 1.04. The second kappa shape index (κ2) is 7.19. The van der Waals surface area contributed by atoms with Gasteiger partial charge in [-0.2, -0.15) is 0 Å². The number of hydrogen-bond acceptors (Lipinski definition) is 5. The van der Waals surface area contributed by atoms with Gasteiger partial charge in [-0.15, -0.1) is 0 Å². The molecule has 0 aliphatic rings. The van der Waals surface area contributed by atoms with Crippen LogP contribution in [0.3, 0.4) is 0 Å². The Labute approximate surface area is 103 Å². The van der Waals surface area contributed by atoms with Crippen molar-refractivity contribution in [2.75, 3.05) is 31.7 Å². The van der Waals surface area contributed by atoms with E-state index in [1.807, 2.05) is 0 Å². The highest BCUT2D eigenvalue weighted by molar-refractivity contribution is 5.36. The van der Waals surface area contributed by atoms with Crippen LogP contribution in [0.1, 0.15) is 19.5 Å². The lowest BCUT2D eigenvalue weighted by Crippen LogP contribution is -2.32. The van der Waals surface area contributed by atoms with Gasteiger partial charge in [0.05, 0.1) is 18.5 Å². The molecule has 0 fully saturated rings. The van der Waals surface area contributed by atoms with E-state index in [-0.39, 0.29) is 0 Å². The minimum atomic E-state index is 0.417. The van der Waals surface area contributed by atoms with Crippen molar-refractivity contribution in [3.63, 3.8) is 0 Å². The van der Waals surface area contributed by atoms with Crippen LogP contribution in [-0.2, 0) is 11.3 Å². The van der Waals surface area contributed by atoms with Gasteiger partial charge in [-0.1, -0.05) is 13.8 Å². The molecule has 0 saturated heterocycles. The first-order valence-corrected chi connectivity index (χ1v) is 5.92. The Kier molecular flexibility index (Phi) is 5.86. The lowest BCUT2D eigenvalue weighted by molar-refractivity contribution is 0.204. The highest BCUT2D eigenvalue weighted by atomic mass is 16.5. The van der Waals surface area contributed by atoms with Crippen LogP contribution in [0.15, 0.2) is 12.4 Å². The van der Waals surface area contributed by atoms with Crippen LogP contribution < -0.4 is 10.6 Å². The van der Waals surface area contributed by atoms with Crippen molar-refractivity contribution in [3.8, 4) is 0 Å². The quantitative estimate of drug-likeness (QED) is 0.769. The van der Waals surface area contributed by atoms with Gasteiger partial charge in [0.15, 0.2) is 0 Å². The monoisotopic (exact) mass is 238 g/mol. The highest BCUT2D eigenvalue weighted by Crippen LogP contribution is 2.11. The average molecular weight is 238 g/mol. The fourth-order valence-electron chi connectivity index (χ4n) is 1.59. The van der Waals surface area contributed by atoms with Gasteiger partial charge in [0.1, 0.15) is 5.82 Å². The molecule has 0 aliphatic carbocycles. The smallest absolute Gasteiger partial charge is 0.147 e. The lowest BCUT2D eigenvalue weighted by Gasteiger charge is -2.25. The van der Waals surface area contributed by atoms with Gasteiger partial charge >= 0.3 is 0 Å². The summed E-state index contributed by atoms with van der Waals surface area (Å²) in [5.41, 5.74) is 6.39. The summed E-state index contributed by atoms with van der Waals surface area (Å²) < 4.78 is 5.12. The molecule has 0 bridgehead atoms. The zero-order chi connectivity index (χ0) is 12.7. The largest absolute Gasteiger partial charge is 0.383 e. The van der Waals surface area contributed by atoms with E-state index in [9.17, 15) is 0 Å². The molecular formula is C12H22N4O. The Morgan fingerprint density at radius 2 is 2.18 bits per heavy atom.